The molecule has 5 aromatic rings. The Kier molecular flexibility index (Phi) is 6.01. The summed E-state index contributed by atoms with van der Waals surface area (Å²) in [5, 5.41) is 14.9. The first-order chi connectivity index (χ1) is 18.3. The fourth-order valence-electron chi connectivity index (χ4n) is 6.01. The molecule has 0 radical (unpaired) electrons. The minimum atomic E-state index is -0.684. The highest BCUT2D eigenvalue weighted by molar-refractivity contribution is 7.66. The number of hydrogen-bond acceptors (Lipinski definition) is 2. The van der Waals surface area contributed by atoms with Gasteiger partial charge >= 0.3 is 0 Å². The van der Waals surface area contributed by atoms with E-state index in [0.29, 0.717) is 6.04 Å². The zero-order valence-corrected chi connectivity index (χ0v) is 21.7. The van der Waals surface area contributed by atoms with Gasteiger partial charge in [0.05, 0.1) is 11.6 Å². The van der Waals surface area contributed by atoms with Crippen molar-refractivity contribution in [2.75, 3.05) is 0 Å². The van der Waals surface area contributed by atoms with E-state index in [1.54, 1.807) is 0 Å². The molecule has 1 fully saturated rings. The fourth-order valence-corrected chi connectivity index (χ4v) is 9.02. The number of allylic oxidation sites excluding steroid dienone is 1. The van der Waals surface area contributed by atoms with E-state index in [2.05, 4.69) is 132 Å². The van der Waals surface area contributed by atoms with E-state index in [-0.39, 0.29) is 11.6 Å². The van der Waals surface area contributed by atoms with Gasteiger partial charge in [0.2, 0.25) is 0 Å². The predicted octanol–water partition coefficient (Wildman–Crippen LogP) is 8.13. The Bertz CT molecular complexity index is 1590. The molecule has 1 aliphatic carbocycles. The molecule has 0 spiro atoms. The first kappa shape index (κ1) is 22.7. The summed E-state index contributed by atoms with van der Waals surface area (Å²) in [6.07, 6.45) is 5.99. The Morgan fingerprint density at radius 2 is 1.19 bits per heavy atom. The number of fused-ring (bicyclic) bond motifs is 3. The molecule has 3 unspecified atom stereocenters. The molecule has 4 atom stereocenters. The summed E-state index contributed by atoms with van der Waals surface area (Å²) in [6.45, 7) is 0. The Morgan fingerprint density at radius 3 is 1.86 bits per heavy atom. The zero-order valence-electron chi connectivity index (χ0n) is 20.8. The summed E-state index contributed by atoms with van der Waals surface area (Å²) < 4.78 is 0. The van der Waals surface area contributed by atoms with Gasteiger partial charge in [-0.05, 0) is 77.3 Å². The number of nitrogens with one attached hydrogen (secondary N) is 2. The van der Waals surface area contributed by atoms with Gasteiger partial charge in [0.1, 0.15) is 0 Å². The predicted molar refractivity (Wildman–Crippen MR) is 158 cm³/mol. The maximum absolute atomic E-state index is 4.18. The lowest BCUT2D eigenvalue weighted by Gasteiger charge is -2.34. The Balaban J connectivity index is 1.43. The van der Waals surface area contributed by atoms with Crippen LogP contribution in [-0.2, 0) is 0 Å². The van der Waals surface area contributed by atoms with Crippen LogP contribution in [0.1, 0.15) is 42.0 Å². The van der Waals surface area contributed by atoms with Crippen molar-refractivity contribution in [2.24, 2.45) is 0 Å². The van der Waals surface area contributed by atoms with Crippen LogP contribution in [0.2, 0.25) is 0 Å². The highest BCUT2D eigenvalue weighted by atomic mass is 31.1. The third-order valence-electron chi connectivity index (χ3n) is 7.89. The van der Waals surface area contributed by atoms with E-state index in [0.717, 1.165) is 6.42 Å². The minimum absolute atomic E-state index is 0.209. The van der Waals surface area contributed by atoms with Crippen molar-refractivity contribution in [1.29, 1.82) is 0 Å². The third kappa shape index (κ3) is 4.35. The topological polar surface area (TPSA) is 24.1 Å². The van der Waals surface area contributed by atoms with Gasteiger partial charge in [0.25, 0.3) is 0 Å². The largest absolute Gasteiger partial charge is 0.376 e. The molecule has 1 heterocycles. The average Bonchev–Trinajstić information content (AvgIpc) is 3.14. The lowest BCUT2D eigenvalue weighted by molar-refractivity contribution is 0.476. The van der Waals surface area contributed by atoms with Crippen molar-refractivity contribution in [1.82, 2.24) is 10.6 Å². The van der Waals surface area contributed by atoms with Crippen molar-refractivity contribution in [2.45, 2.75) is 36.9 Å². The van der Waals surface area contributed by atoms with Gasteiger partial charge in [0.15, 0.2) is 0 Å². The molecule has 0 saturated carbocycles. The third-order valence-corrected chi connectivity index (χ3v) is 10.8. The second-order valence-electron chi connectivity index (χ2n) is 10.2. The minimum Gasteiger partial charge on any atom is -0.376 e. The van der Waals surface area contributed by atoms with E-state index in [9.17, 15) is 0 Å². The summed E-state index contributed by atoms with van der Waals surface area (Å²) in [5.74, 6) is 0.445. The van der Waals surface area contributed by atoms with Gasteiger partial charge in [-0.2, -0.15) is 0 Å². The normalized spacial score (nSPS) is 23.6. The molecule has 0 aromatic heterocycles. The second kappa shape index (κ2) is 9.78. The van der Waals surface area contributed by atoms with Gasteiger partial charge in [-0.1, -0.05) is 109 Å². The van der Waals surface area contributed by atoms with Crippen molar-refractivity contribution < 1.29 is 0 Å². The number of hydrogen-bond donors (Lipinski definition) is 2. The molecule has 0 amide bonds. The van der Waals surface area contributed by atoms with Crippen LogP contribution in [0.5, 0.6) is 0 Å². The number of rotatable bonds is 3. The van der Waals surface area contributed by atoms with Gasteiger partial charge < -0.3 is 5.32 Å². The Labute approximate surface area is 220 Å². The first-order valence-corrected chi connectivity index (χ1v) is 14.8. The molecule has 2 nitrogen and oxygen atoms in total. The van der Waals surface area contributed by atoms with Crippen LogP contribution >= 0.6 is 7.92 Å². The van der Waals surface area contributed by atoms with E-state index in [1.807, 2.05) is 0 Å². The monoisotopic (exact) mass is 498 g/mol. The summed E-state index contributed by atoms with van der Waals surface area (Å²) in [6, 6.07) is 43.1. The summed E-state index contributed by atoms with van der Waals surface area (Å²) in [4.78, 5) is 0. The SMILES string of the molecule is C1=C2NC(c3ccc4ccccc4c3)P(c3ccccc3)C(c3ccc4ccccc4c3)N[C@H]2CCC1. The van der Waals surface area contributed by atoms with Gasteiger partial charge in [-0.25, -0.2) is 0 Å². The standard InChI is InChI=1S/C34H31N2P/c1-2-14-30(15-3-1)37-33(28-20-18-24-10-4-6-12-26(24)22-28)35-31-16-8-9-17-32(31)36-34(37)29-21-19-25-11-5-7-13-27(25)23-29/h1-7,10-16,18-23,32-36H,8-9,17H2/t32-,33?,34?,37?/m0/s1. The molecular weight excluding hydrogens is 467 g/mol. The van der Waals surface area contributed by atoms with E-state index in [1.165, 1.54) is 56.5 Å². The van der Waals surface area contributed by atoms with Crippen LogP contribution in [0.4, 0.5) is 0 Å². The highest BCUT2D eigenvalue weighted by Gasteiger charge is 2.39. The van der Waals surface area contributed by atoms with Crippen LogP contribution in [-0.4, -0.2) is 6.04 Å². The summed E-state index contributed by atoms with van der Waals surface area (Å²) in [7, 11) is -0.684. The lowest BCUT2D eigenvalue weighted by atomic mass is 9.98. The molecular formula is C34H31N2P. The summed E-state index contributed by atoms with van der Waals surface area (Å²) in [5.41, 5.74) is 4.12. The maximum atomic E-state index is 4.18. The molecule has 37 heavy (non-hydrogen) atoms. The van der Waals surface area contributed by atoms with Crippen LogP contribution in [0.25, 0.3) is 21.5 Å². The molecule has 1 saturated heterocycles. The van der Waals surface area contributed by atoms with Crippen molar-refractivity contribution in [3.8, 4) is 0 Å². The van der Waals surface area contributed by atoms with Crippen molar-refractivity contribution >= 4 is 34.8 Å². The molecule has 3 heteroatoms. The van der Waals surface area contributed by atoms with Crippen LogP contribution in [0.15, 0.2) is 127 Å². The van der Waals surface area contributed by atoms with Crippen LogP contribution < -0.4 is 15.9 Å². The van der Waals surface area contributed by atoms with Gasteiger partial charge in [-0.3, -0.25) is 5.32 Å². The van der Waals surface area contributed by atoms with Crippen LogP contribution in [0.3, 0.4) is 0 Å². The lowest BCUT2D eigenvalue weighted by Crippen LogP contribution is -2.36. The van der Waals surface area contributed by atoms with Crippen molar-refractivity contribution in [3.05, 3.63) is 138 Å². The zero-order chi connectivity index (χ0) is 24.6. The number of benzene rings is 5. The van der Waals surface area contributed by atoms with Gasteiger partial charge in [0, 0.05) is 11.7 Å². The maximum Gasteiger partial charge on any atom is 0.0767 e. The highest BCUT2D eigenvalue weighted by Crippen LogP contribution is 2.60. The summed E-state index contributed by atoms with van der Waals surface area (Å²) >= 11 is 0. The van der Waals surface area contributed by atoms with E-state index < -0.39 is 7.92 Å². The molecule has 182 valence electrons. The smallest absolute Gasteiger partial charge is 0.0767 e. The first-order valence-electron chi connectivity index (χ1n) is 13.4. The molecule has 2 N–H and O–H groups in total. The molecule has 0 bridgehead atoms. The molecule has 7 rings (SSSR count). The average molecular weight is 499 g/mol. The Hall–Kier alpha value is -3.45. The quantitative estimate of drug-likeness (QED) is 0.245. The van der Waals surface area contributed by atoms with Crippen molar-refractivity contribution in [3.63, 3.8) is 0 Å². The van der Waals surface area contributed by atoms with Crippen LogP contribution in [0, 0.1) is 0 Å². The van der Waals surface area contributed by atoms with E-state index >= 15 is 0 Å². The fraction of sp³-hybridized carbons (Fsp3) is 0.176. The molecule has 2 aliphatic rings. The molecule has 1 aliphatic heterocycles. The second-order valence-corrected chi connectivity index (χ2v) is 12.6. The van der Waals surface area contributed by atoms with E-state index in [4.69, 9.17) is 0 Å². The van der Waals surface area contributed by atoms with Gasteiger partial charge in [-0.15, -0.1) is 0 Å². The molecule has 5 aromatic carbocycles. The Morgan fingerprint density at radius 1 is 0.595 bits per heavy atom.